The van der Waals surface area contributed by atoms with E-state index in [9.17, 15) is 14.4 Å². The van der Waals surface area contributed by atoms with E-state index >= 15 is 0 Å². The fourth-order valence-corrected chi connectivity index (χ4v) is 3.06. The maximum atomic E-state index is 12.3. The van der Waals surface area contributed by atoms with Crippen molar-refractivity contribution >= 4 is 17.4 Å². The number of aromatic amines is 2. The highest BCUT2D eigenvalue weighted by Gasteiger charge is 2.34. The van der Waals surface area contributed by atoms with Crippen LogP contribution in [-0.2, 0) is 4.79 Å². The minimum atomic E-state index is -0.640. The average Bonchev–Trinajstić information content (AvgIpc) is 2.95. The molecule has 28 heavy (non-hydrogen) atoms. The molecule has 1 fully saturated rings. The molecule has 0 saturated carbocycles. The molecule has 11 heteroatoms. The number of H-pyrrole nitrogens is 2. The van der Waals surface area contributed by atoms with Gasteiger partial charge in [-0.1, -0.05) is 0 Å². The van der Waals surface area contributed by atoms with Crippen LogP contribution < -0.4 is 21.5 Å². The van der Waals surface area contributed by atoms with Crippen LogP contribution in [0.1, 0.15) is 11.4 Å². The van der Waals surface area contributed by atoms with E-state index in [-0.39, 0.29) is 17.5 Å². The molecular weight excluding hydrogens is 364 g/mol. The standard InChI is InChI=1S/C17H18N8O3/c1-9-3-10(2)25(23-9)14-4-13(19-8-20-14)24-6-11(7-24)15(26)21-12-5-18-17(28)22-16(12)27/h3-5,8,11H,6-7H2,1-2H3,(H,21,26)(H2,18,22,27,28). The van der Waals surface area contributed by atoms with Crippen LogP contribution >= 0.6 is 0 Å². The van der Waals surface area contributed by atoms with Gasteiger partial charge in [-0.3, -0.25) is 14.6 Å². The van der Waals surface area contributed by atoms with Gasteiger partial charge in [0.2, 0.25) is 5.91 Å². The second kappa shape index (κ2) is 6.76. The smallest absolute Gasteiger partial charge is 0.325 e. The average molecular weight is 382 g/mol. The Hall–Kier alpha value is -3.76. The van der Waals surface area contributed by atoms with Gasteiger partial charge in [0.05, 0.1) is 11.6 Å². The number of hydrogen-bond acceptors (Lipinski definition) is 7. The zero-order chi connectivity index (χ0) is 19.8. The minimum absolute atomic E-state index is 0.0110. The van der Waals surface area contributed by atoms with Crippen molar-refractivity contribution in [3.05, 3.63) is 56.9 Å². The molecule has 0 atom stereocenters. The summed E-state index contributed by atoms with van der Waals surface area (Å²) < 4.78 is 1.74. The number of nitrogens with one attached hydrogen (secondary N) is 3. The molecule has 0 aliphatic carbocycles. The number of carbonyl (C=O) groups excluding carboxylic acids is 1. The van der Waals surface area contributed by atoms with Gasteiger partial charge in [-0.25, -0.2) is 19.4 Å². The lowest BCUT2D eigenvalue weighted by Gasteiger charge is -2.39. The predicted molar refractivity (Wildman–Crippen MR) is 101 cm³/mol. The van der Waals surface area contributed by atoms with Crippen molar-refractivity contribution in [2.45, 2.75) is 13.8 Å². The number of amides is 1. The molecule has 1 aliphatic heterocycles. The summed E-state index contributed by atoms with van der Waals surface area (Å²) in [7, 11) is 0. The molecule has 1 saturated heterocycles. The van der Waals surface area contributed by atoms with E-state index in [1.54, 1.807) is 4.68 Å². The van der Waals surface area contributed by atoms with Crippen LogP contribution in [-0.4, -0.2) is 48.7 Å². The monoisotopic (exact) mass is 382 g/mol. The fraction of sp³-hybridized carbons (Fsp3) is 0.294. The Bertz CT molecular complexity index is 1160. The van der Waals surface area contributed by atoms with Crippen LogP contribution in [0.3, 0.4) is 0 Å². The van der Waals surface area contributed by atoms with Gasteiger partial charge in [-0.15, -0.1) is 0 Å². The molecule has 4 heterocycles. The Labute approximate surface area is 158 Å². The van der Waals surface area contributed by atoms with Crippen molar-refractivity contribution in [2.75, 3.05) is 23.3 Å². The highest BCUT2D eigenvalue weighted by Crippen LogP contribution is 2.24. The van der Waals surface area contributed by atoms with E-state index in [0.717, 1.165) is 11.4 Å². The predicted octanol–water partition coefficient (Wildman–Crippen LogP) is -0.269. The zero-order valence-corrected chi connectivity index (χ0v) is 15.3. The van der Waals surface area contributed by atoms with E-state index in [1.165, 1.54) is 12.5 Å². The Balaban J connectivity index is 1.43. The zero-order valence-electron chi connectivity index (χ0n) is 15.3. The minimum Gasteiger partial charge on any atom is -0.355 e. The number of aryl methyl sites for hydroxylation is 2. The second-order valence-corrected chi connectivity index (χ2v) is 6.65. The molecule has 1 amide bonds. The SMILES string of the molecule is Cc1cc(C)n(-c2cc(N3CC(C(=O)Nc4c[nH]c(=O)[nH]c4=O)C3)ncn2)n1. The van der Waals surface area contributed by atoms with Gasteiger partial charge in [0.1, 0.15) is 17.8 Å². The van der Waals surface area contributed by atoms with Gasteiger partial charge < -0.3 is 15.2 Å². The highest BCUT2D eigenvalue weighted by molar-refractivity contribution is 5.94. The first-order valence-corrected chi connectivity index (χ1v) is 8.64. The van der Waals surface area contributed by atoms with Crippen molar-refractivity contribution in [1.82, 2.24) is 29.7 Å². The van der Waals surface area contributed by atoms with E-state index < -0.39 is 11.2 Å². The second-order valence-electron chi connectivity index (χ2n) is 6.65. The summed E-state index contributed by atoms with van der Waals surface area (Å²) in [6, 6.07) is 3.78. The fourth-order valence-electron chi connectivity index (χ4n) is 3.06. The van der Waals surface area contributed by atoms with Crippen LogP contribution in [0.4, 0.5) is 11.5 Å². The van der Waals surface area contributed by atoms with Crippen molar-refractivity contribution < 1.29 is 4.79 Å². The number of aromatic nitrogens is 6. The van der Waals surface area contributed by atoms with Crippen LogP contribution in [0, 0.1) is 19.8 Å². The van der Waals surface area contributed by atoms with E-state index in [4.69, 9.17) is 0 Å². The summed E-state index contributed by atoms with van der Waals surface area (Å²) >= 11 is 0. The summed E-state index contributed by atoms with van der Waals surface area (Å²) in [5.74, 6) is 0.770. The molecule has 0 unspecified atom stereocenters. The summed E-state index contributed by atoms with van der Waals surface area (Å²) in [5, 5.41) is 6.95. The molecule has 0 aromatic carbocycles. The summed E-state index contributed by atoms with van der Waals surface area (Å²) in [4.78, 5) is 49.9. The topological polar surface area (TPSA) is 142 Å². The first-order chi connectivity index (χ1) is 13.4. The number of nitrogens with zero attached hydrogens (tertiary/aromatic N) is 5. The van der Waals surface area contributed by atoms with Crippen LogP contribution in [0.15, 0.2) is 34.2 Å². The molecule has 3 aromatic heterocycles. The van der Waals surface area contributed by atoms with Crippen LogP contribution in [0.25, 0.3) is 5.82 Å². The number of rotatable bonds is 4. The third kappa shape index (κ3) is 3.29. The molecule has 3 aromatic rings. The molecule has 3 N–H and O–H groups in total. The van der Waals surface area contributed by atoms with Crippen molar-refractivity contribution in [3.8, 4) is 5.82 Å². The maximum absolute atomic E-state index is 12.3. The number of carbonyl (C=O) groups is 1. The Kier molecular flexibility index (Phi) is 4.26. The molecule has 144 valence electrons. The first kappa shape index (κ1) is 17.6. The van der Waals surface area contributed by atoms with Gasteiger partial charge in [-0.2, -0.15) is 5.10 Å². The summed E-state index contributed by atoms with van der Waals surface area (Å²) in [5.41, 5.74) is 0.611. The van der Waals surface area contributed by atoms with Gasteiger partial charge in [-0.05, 0) is 19.9 Å². The Morgan fingerprint density at radius 3 is 2.61 bits per heavy atom. The Morgan fingerprint density at radius 2 is 1.93 bits per heavy atom. The molecule has 0 radical (unpaired) electrons. The molecule has 11 nitrogen and oxygen atoms in total. The largest absolute Gasteiger partial charge is 0.355 e. The molecule has 4 rings (SSSR count). The van der Waals surface area contributed by atoms with Crippen molar-refractivity contribution in [2.24, 2.45) is 5.92 Å². The molecule has 1 aliphatic rings. The lowest BCUT2D eigenvalue weighted by molar-refractivity contribution is -0.120. The first-order valence-electron chi connectivity index (χ1n) is 8.64. The number of anilines is 2. The van der Waals surface area contributed by atoms with Crippen LogP contribution in [0.5, 0.6) is 0 Å². The lowest BCUT2D eigenvalue weighted by Crippen LogP contribution is -2.52. The van der Waals surface area contributed by atoms with E-state index in [1.807, 2.05) is 30.9 Å². The number of hydrogen-bond donors (Lipinski definition) is 3. The summed E-state index contributed by atoms with van der Waals surface area (Å²) in [6.45, 7) is 4.78. The van der Waals surface area contributed by atoms with Gasteiger partial charge in [0.15, 0.2) is 5.82 Å². The third-order valence-electron chi connectivity index (χ3n) is 4.52. The van der Waals surface area contributed by atoms with Crippen molar-refractivity contribution in [1.29, 1.82) is 0 Å². The van der Waals surface area contributed by atoms with E-state index in [2.05, 4.69) is 30.4 Å². The van der Waals surface area contributed by atoms with Crippen molar-refractivity contribution in [3.63, 3.8) is 0 Å². The maximum Gasteiger partial charge on any atom is 0.325 e. The normalized spacial score (nSPS) is 14.0. The third-order valence-corrected chi connectivity index (χ3v) is 4.52. The van der Waals surface area contributed by atoms with Gasteiger partial charge >= 0.3 is 5.69 Å². The quantitative estimate of drug-likeness (QED) is 0.564. The molecule has 0 spiro atoms. The highest BCUT2D eigenvalue weighted by atomic mass is 16.2. The van der Waals surface area contributed by atoms with Crippen LogP contribution in [0.2, 0.25) is 0 Å². The molecule has 0 bridgehead atoms. The van der Waals surface area contributed by atoms with E-state index in [0.29, 0.717) is 24.7 Å². The summed E-state index contributed by atoms with van der Waals surface area (Å²) in [6.07, 6.45) is 2.65. The molecular formula is C17H18N8O3. The van der Waals surface area contributed by atoms with Gasteiger partial charge in [0, 0.05) is 31.0 Å². The lowest BCUT2D eigenvalue weighted by atomic mass is 9.99. The Morgan fingerprint density at radius 1 is 1.18 bits per heavy atom. The van der Waals surface area contributed by atoms with Gasteiger partial charge in [0.25, 0.3) is 5.56 Å².